The van der Waals surface area contributed by atoms with Crippen LogP contribution in [0.2, 0.25) is 0 Å². The summed E-state index contributed by atoms with van der Waals surface area (Å²) in [6.07, 6.45) is 3.36. The molecule has 3 aromatic carbocycles. The molecule has 6 nitrogen and oxygen atoms in total. The minimum atomic E-state index is 0.269. The molecule has 0 spiro atoms. The first-order valence-corrected chi connectivity index (χ1v) is 11.3. The third-order valence-corrected chi connectivity index (χ3v) is 5.55. The van der Waals surface area contributed by atoms with Crippen LogP contribution in [0.15, 0.2) is 83.9 Å². The van der Waals surface area contributed by atoms with Gasteiger partial charge in [-0.2, -0.15) is 0 Å². The molecule has 33 heavy (non-hydrogen) atoms. The van der Waals surface area contributed by atoms with Gasteiger partial charge in [-0.15, -0.1) is 0 Å². The number of aliphatic imine (C=N–C) groups is 1. The van der Waals surface area contributed by atoms with Crippen LogP contribution in [0, 0.1) is 5.92 Å². The molecule has 0 saturated heterocycles. The van der Waals surface area contributed by atoms with Crippen molar-refractivity contribution >= 4 is 11.5 Å². The van der Waals surface area contributed by atoms with Gasteiger partial charge in [0.1, 0.15) is 18.2 Å². The fourth-order valence-corrected chi connectivity index (χ4v) is 3.41. The second kappa shape index (κ2) is 11.5. The summed E-state index contributed by atoms with van der Waals surface area (Å²) >= 11 is 0. The predicted molar refractivity (Wildman–Crippen MR) is 132 cm³/mol. The molecule has 0 radical (unpaired) electrons. The summed E-state index contributed by atoms with van der Waals surface area (Å²) in [5, 5.41) is 1.57. The van der Waals surface area contributed by atoms with Crippen LogP contribution < -0.4 is 20.3 Å². The largest absolute Gasteiger partial charge is 0.497 e. The third kappa shape index (κ3) is 6.81. The van der Waals surface area contributed by atoms with Crippen molar-refractivity contribution in [1.29, 1.82) is 0 Å². The molecule has 1 saturated carbocycles. The standard InChI is InChI=1S/C27H31N3O3/c1-31-25-15-11-24(12-16-25)30(28)27(29-20-32-19-22-7-8-22)23-9-13-26(14-10-23)33-18-17-21-5-3-2-4-6-21/h2-6,9-16,22H,7-8,17-20,28H2,1H3/b29-27-. The van der Waals surface area contributed by atoms with Gasteiger partial charge >= 0.3 is 0 Å². The average molecular weight is 446 g/mol. The van der Waals surface area contributed by atoms with E-state index in [1.54, 1.807) is 12.1 Å². The Labute approximate surface area is 195 Å². The van der Waals surface area contributed by atoms with Crippen LogP contribution in [0.1, 0.15) is 24.0 Å². The van der Waals surface area contributed by atoms with Gasteiger partial charge in [0.15, 0.2) is 5.84 Å². The molecular formula is C27H31N3O3. The Morgan fingerprint density at radius 3 is 2.30 bits per heavy atom. The first-order chi connectivity index (χ1) is 16.2. The van der Waals surface area contributed by atoms with E-state index in [0.717, 1.165) is 35.8 Å². The number of hydrazine groups is 1. The van der Waals surface area contributed by atoms with E-state index in [-0.39, 0.29) is 6.73 Å². The number of benzene rings is 3. The molecule has 3 aromatic rings. The Morgan fingerprint density at radius 1 is 0.939 bits per heavy atom. The summed E-state index contributed by atoms with van der Waals surface area (Å²) in [5.74, 6) is 9.38. The van der Waals surface area contributed by atoms with Crippen LogP contribution in [-0.4, -0.2) is 32.9 Å². The van der Waals surface area contributed by atoms with Gasteiger partial charge < -0.3 is 14.2 Å². The minimum Gasteiger partial charge on any atom is -0.497 e. The average Bonchev–Trinajstić information content (AvgIpc) is 3.70. The lowest BCUT2D eigenvalue weighted by Gasteiger charge is -2.22. The zero-order chi connectivity index (χ0) is 22.9. The number of rotatable bonds is 11. The van der Waals surface area contributed by atoms with Crippen molar-refractivity contribution in [2.45, 2.75) is 19.3 Å². The minimum absolute atomic E-state index is 0.269. The Balaban J connectivity index is 1.43. The van der Waals surface area contributed by atoms with E-state index in [1.807, 2.05) is 66.7 Å². The lowest BCUT2D eigenvalue weighted by molar-refractivity contribution is 0.132. The molecule has 4 rings (SSSR count). The maximum absolute atomic E-state index is 6.47. The molecule has 0 bridgehead atoms. The van der Waals surface area contributed by atoms with Crippen molar-refractivity contribution in [2.75, 3.05) is 32.1 Å². The summed E-state index contributed by atoms with van der Waals surface area (Å²) in [6, 6.07) is 25.7. The number of nitrogens with zero attached hydrogens (tertiary/aromatic N) is 2. The first kappa shape index (κ1) is 22.8. The van der Waals surface area contributed by atoms with Gasteiger partial charge in [-0.05, 0) is 72.9 Å². The molecule has 0 amide bonds. The van der Waals surface area contributed by atoms with E-state index in [1.165, 1.54) is 18.4 Å². The molecule has 1 aliphatic carbocycles. The fourth-order valence-electron chi connectivity index (χ4n) is 3.41. The molecule has 2 N–H and O–H groups in total. The van der Waals surface area contributed by atoms with Gasteiger partial charge in [0.2, 0.25) is 0 Å². The zero-order valence-corrected chi connectivity index (χ0v) is 19.0. The van der Waals surface area contributed by atoms with Crippen LogP contribution in [0.4, 0.5) is 5.69 Å². The van der Waals surface area contributed by atoms with Crippen LogP contribution in [0.3, 0.4) is 0 Å². The van der Waals surface area contributed by atoms with Crippen LogP contribution >= 0.6 is 0 Å². The first-order valence-electron chi connectivity index (χ1n) is 11.3. The van der Waals surface area contributed by atoms with Crippen molar-refractivity contribution < 1.29 is 14.2 Å². The topological polar surface area (TPSA) is 69.3 Å². The number of anilines is 1. The van der Waals surface area contributed by atoms with E-state index in [2.05, 4.69) is 17.1 Å². The molecule has 0 heterocycles. The summed E-state index contributed by atoms with van der Waals surface area (Å²) in [7, 11) is 1.64. The molecule has 1 aliphatic rings. The molecule has 1 fully saturated rings. The Morgan fingerprint density at radius 2 is 1.64 bits per heavy atom. The number of ether oxygens (including phenoxy) is 3. The smallest absolute Gasteiger partial charge is 0.152 e. The molecular weight excluding hydrogens is 414 g/mol. The highest BCUT2D eigenvalue weighted by Crippen LogP contribution is 2.28. The van der Waals surface area contributed by atoms with Gasteiger partial charge in [0, 0.05) is 12.0 Å². The molecule has 0 aromatic heterocycles. The third-order valence-electron chi connectivity index (χ3n) is 5.55. The Kier molecular flexibility index (Phi) is 7.95. The van der Waals surface area contributed by atoms with E-state index in [0.29, 0.717) is 18.4 Å². The van der Waals surface area contributed by atoms with Gasteiger partial charge in [0.05, 0.1) is 26.0 Å². The number of nitrogens with two attached hydrogens (primary N) is 1. The SMILES string of the molecule is COc1ccc(N(N)/C(=N\COCC2CC2)c2ccc(OCCc3ccccc3)cc2)cc1. The normalized spacial score (nSPS) is 13.6. The van der Waals surface area contributed by atoms with Gasteiger partial charge in [0.25, 0.3) is 0 Å². The molecule has 172 valence electrons. The quantitative estimate of drug-likeness (QED) is 0.151. The van der Waals surface area contributed by atoms with Crippen molar-refractivity contribution in [1.82, 2.24) is 0 Å². The second-order valence-electron chi connectivity index (χ2n) is 8.10. The summed E-state index contributed by atoms with van der Waals surface area (Å²) < 4.78 is 16.9. The summed E-state index contributed by atoms with van der Waals surface area (Å²) in [6.45, 7) is 1.64. The predicted octanol–water partition coefficient (Wildman–Crippen LogP) is 4.83. The number of hydrogen-bond acceptors (Lipinski definition) is 5. The van der Waals surface area contributed by atoms with Crippen LogP contribution in [0.5, 0.6) is 11.5 Å². The number of hydrogen-bond donors (Lipinski definition) is 1. The second-order valence-corrected chi connectivity index (χ2v) is 8.10. The van der Waals surface area contributed by atoms with E-state index in [9.17, 15) is 0 Å². The lowest BCUT2D eigenvalue weighted by Crippen LogP contribution is -2.38. The Hall–Kier alpha value is -3.35. The Bertz CT molecular complexity index is 1020. The highest BCUT2D eigenvalue weighted by atomic mass is 16.5. The molecule has 0 unspecified atom stereocenters. The van der Waals surface area contributed by atoms with E-state index < -0.39 is 0 Å². The fraction of sp³-hybridized carbons (Fsp3) is 0.296. The number of amidine groups is 1. The monoisotopic (exact) mass is 445 g/mol. The van der Waals surface area contributed by atoms with Gasteiger partial charge in [-0.25, -0.2) is 10.8 Å². The summed E-state index contributed by atoms with van der Waals surface area (Å²) in [4.78, 5) is 4.67. The zero-order valence-electron chi connectivity index (χ0n) is 19.0. The van der Waals surface area contributed by atoms with Crippen molar-refractivity contribution in [3.8, 4) is 11.5 Å². The van der Waals surface area contributed by atoms with Crippen LogP contribution in [0.25, 0.3) is 0 Å². The van der Waals surface area contributed by atoms with Gasteiger partial charge in [-0.3, -0.25) is 5.01 Å². The van der Waals surface area contributed by atoms with Crippen LogP contribution in [-0.2, 0) is 11.2 Å². The number of methoxy groups -OCH3 is 1. The maximum Gasteiger partial charge on any atom is 0.152 e. The van der Waals surface area contributed by atoms with Crippen molar-refractivity contribution in [2.24, 2.45) is 16.8 Å². The van der Waals surface area contributed by atoms with Crippen molar-refractivity contribution in [3.63, 3.8) is 0 Å². The molecule has 6 heteroatoms. The highest BCUT2D eigenvalue weighted by molar-refractivity contribution is 6.09. The van der Waals surface area contributed by atoms with E-state index in [4.69, 9.17) is 20.1 Å². The summed E-state index contributed by atoms with van der Waals surface area (Å²) in [5.41, 5.74) is 2.95. The molecule has 0 atom stereocenters. The lowest BCUT2D eigenvalue weighted by atomic mass is 10.1. The maximum atomic E-state index is 6.47. The van der Waals surface area contributed by atoms with E-state index >= 15 is 0 Å². The van der Waals surface area contributed by atoms with Crippen molar-refractivity contribution in [3.05, 3.63) is 90.0 Å². The van der Waals surface area contributed by atoms with Gasteiger partial charge in [-0.1, -0.05) is 30.3 Å². The highest BCUT2D eigenvalue weighted by Gasteiger charge is 2.21. The molecule has 0 aliphatic heterocycles.